The average Bonchev–Trinajstić information content (AvgIpc) is 3.26. The molecule has 4 rings (SSSR count). The van der Waals surface area contributed by atoms with Gasteiger partial charge < -0.3 is 0 Å². The van der Waals surface area contributed by atoms with Gasteiger partial charge in [-0.15, -0.1) is 11.3 Å². The topological polar surface area (TPSA) is 184 Å². The summed E-state index contributed by atoms with van der Waals surface area (Å²) in [5, 5.41) is 37.2. The Morgan fingerprint density at radius 2 is 1.69 bits per heavy atom. The zero-order valence-electron chi connectivity index (χ0n) is 17.8. The minimum Gasteiger partial charge on any atom is -0.267 e. The maximum absolute atomic E-state index is 12.2. The first-order valence-corrected chi connectivity index (χ1v) is 11.4. The lowest BCUT2D eigenvalue weighted by atomic mass is 10.2. The zero-order valence-corrected chi connectivity index (χ0v) is 19.4. The highest BCUT2D eigenvalue weighted by Crippen LogP contribution is 2.39. The van der Waals surface area contributed by atoms with Gasteiger partial charge >= 0.3 is 0 Å². The van der Waals surface area contributed by atoms with Crippen LogP contribution in [0.3, 0.4) is 0 Å². The van der Waals surface area contributed by atoms with E-state index in [0.29, 0.717) is 25.0 Å². The Morgan fingerprint density at radius 3 is 2.42 bits per heavy atom. The van der Waals surface area contributed by atoms with Gasteiger partial charge in [0.15, 0.2) is 4.34 Å². The zero-order chi connectivity index (χ0) is 25.8. The lowest BCUT2D eigenvalue weighted by molar-refractivity contribution is -0.387. The quantitative estimate of drug-likeness (QED) is 0.189. The molecule has 1 aromatic heterocycles. The highest BCUT2D eigenvalue weighted by atomic mass is 32.2. The maximum atomic E-state index is 12.2. The Kier molecular flexibility index (Phi) is 6.93. The van der Waals surface area contributed by atoms with Gasteiger partial charge in [-0.1, -0.05) is 23.9 Å². The van der Waals surface area contributed by atoms with Gasteiger partial charge in [-0.05, 0) is 18.2 Å². The number of non-ortho nitro benzene ring substituents is 2. The highest BCUT2D eigenvalue weighted by molar-refractivity contribution is 8.01. The molecule has 180 valence electrons. The molecule has 0 saturated carbocycles. The second kappa shape index (κ2) is 10.2. The molecule has 4 aromatic rings. The van der Waals surface area contributed by atoms with E-state index in [4.69, 9.17) is 0 Å². The van der Waals surface area contributed by atoms with Gasteiger partial charge in [0.05, 0.1) is 36.1 Å². The van der Waals surface area contributed by atoms with E-state index in [9.17, 15) is 35.1 Å². The number of hydrogen-bond acceptors (Lipinski definition) is 11. The first kappa shape index (κ1) is 24.4. The number of nitrogens with one attached hydrogen (secondary N) is 1. The van der Waals surface area contributed by atoms with E-state index in [1.165, 1.54) is 66.1 Å². The molecule has 13 nitrogen and oxygen atoms in total. The summed E-state index contributed by atoms with van der Waals surface area (Å²) in [4.78, 5) is 48.6. The Morgan fingerprint density at radius 1 is 0.944 bits per heavy atom. The number of rotatable bonds is 8. The number of fused-ring (bicyclic) bond motifs is 1. The fourth-order valence-corrected chi connectivity index (χ4v) is 5.12. The van der Waals surface area contributed by atoms with Gasteiger partial charge in [-0.3, -0.25) is 35.1 Å². The van der Waals surface area contributed by atoms with Crippen molar-refractivity contribution >= 4 is 62.5 Å². The number of hydrazone groups is 1. The molecular formula is C21H12N6O7S2. The molecule has 0 aliphatic heterocycles. The van der Waals surface area contributed by atoms with E-state index in [0.717, 1.165) is 17.8 Å². The van der Waals surface area contributed by atoms with E-state index >= 15 is 0 Å². The number of nitro benzene ring substituents is 3. The van der Waals surface area contributed by atoms with Crippen molar-refractivity contribution in [3.8, 4) is 0 Å². The number of nitro groups is 3. The van der Waals surface area contributed by atoms with Gasteiger partial charge in [0.2, 0.25) is 0 Å². The maximum Gasteiger partial charge on any atom is 0.283 e. The van der Waals surface area contributed by atoms with E-state index in [1.54, 1.807) is 6.07 Å². The minimum atomic E-state index is -0.687. The molecule has 0 aliphatic carbocycles. The molecule has 0 radical (unpaired) electrons. The van der Waals surface area contributed by atoms with Gasteiger partial charge in [0.1, 0.15) is 0 Å². The molecule has 15 heteroatoms. The molecule has 0 bridgehead atoms. The van der Waals surface area contributed by atoms with Crippen LogP contribution in [0, 0.1) is 30.3 Å². The molecule has 1 heterocycles. The van der Waals surface area contributed by atoms with Gasteiger partial charge in [0.25, 0.3) is 23.0 Å². The third-order valence-electron chi connectivity index (χ3n) is 4.64. The number of thiazole rings is 1. The molecule has 3 aromatic carbocycles. The van der Waals surface area contributed by atoms with Crippen LogP contribution in [-0.4, -0.2) is 31.9 Å². The molecule has 1 amide bonds. The van der Waals surface area contributed by atoms with E-state index in [1.807, 2.05) is 0 Å². The molecule has 0 unspecified atom stereocenters. The number of carbonyl (C=O) groups is 1. The number of amides is 1. The minimum absolute atomic E-state index is 0.0280. The van der Waals surface area contributed by atoms with Crippen molar-refractivity contribution in [2.45, 2.75) is 9.24 Å². The largest absolute Gasteiger partial charge is 0.283 e. The molecule has 0 atom stereocenters. The van der Waals surface area contributed by atoms with Crippen molar-refractivity contribution in [1.29, 1.82) is 0 Å². The van der Waals surface area contributed by atoms with E-state index in [2.05, 4.69) is 15.5 Å². The van der Waals surface area contributed by atoms with Crippen LogP contribution in [0.5, 0.6) is 0 Å². The first-order chi connectivity index (χ1) is 17.2. The summed E-state index contributed by atoms with van der Waals surface area (Å²) in [6, 6.07) is 13.7. The van der Waals surface area contributed by atoms with Crippen LogP contribution in [0.25, 0.3) is 10.2 Å². The molecular weight excluding hydrogens is 512 g/mol. The summed E-state index contributed by atoms with van der Waals surface area (Å²) in [7, 11) is 0. The first-order valence-electron chi connectivity index (χ1n) is 9.80. The Hall–Kier alpha value is -4.76. The van der Waals surface area contributed by atoms with Crippen LogP contribution in [0.15, 0.2) is 75.0 Å². The van der Waals surface area contributed by atoms with Crippen molar-refractivity contribution in [3.05, 3.63) is 102 Å². The van der Waals surface area contributed by atoms with Crippen molar-refractivity contribution in [3.63, 3.8) is 0 Å². The van der Waals surface area contributed by atoms with Crippen LogP contribution in [0.1, 0.15) is 15.9 Å². The van der Waals surface area contributed by atoms with Crippen LogP contribution in [-0.2, 0) is 0 Å². The standard InChI is InChI=1S/C21H12N6O7S2/c28-20(13-2-1-3-14(9-13)25(29)30)24-22-11-12-4-7-18(17(8-12)27(33)34)35-21-23-16-6-5-15(26(31)32)10-19(16)36-21/h1-11H,(H,24,28)/b22-11-. The van der Waals surface area contributed by atoms with Crippen LogP contribution in [0.4, 0.5) is 17.1 Å². The summed E-state index contributed by atoms with van der Waals surface area (Å²) in [6.07, 6.45) is 1.20. The monoisotopic (exact) mass is 524 g/mol. The molecule has 36 heavy (non-hydrogen) atoms. The highest BCUT2D eigenvalue weighted by Gasteiger charge is 2.18. The third-order valence-corrected chi connectivity index (χ3v) is 6.78. The van der Waals surface area contributed by atoms with E-state index in [-0.39, 0.29) is 22.6 Å². The molecule has 0 saturated heterocycles. The van der Waals surface area contributed by atoms with Crippen LogP contribution >= 0.6 is 23.1 Å². The van der Waals surface area contributed by atoms with Gasteiger partial charge in [0, 0.05) is 41.5 Å². The van der Waals surface area contributed by atoms with Crippen molar-refractivity contribution in [2.75, 3.05) is 0 Å². The number of hydrogen-bond donors (Lipinski definition) is 1. The number of carbonyl (C=O) groups excluding carboxylic acids is 1. The molecule has 0 spiro atoms. The molecule has 1 N–H and O–H groups in total. The van der Waals surface area contributed by atoms with Crippen molar-refractivity contribution in [1.82, 2.24) is 10.4 Å². The second-order valence-corrected chi connectivity index (χ2v) is 9.30. The Labute approximate surface area is 208 Å². The van der Waals surface area contributed by atoms with Crippen LogP contribution in [0.2, 0.25) is 0 Å². The average molecular weight is 524 g/mol. The normalized spacial score (nSPS) is 11.0. The summed E-state index contributed by atoms with van der Waals surface area (Å²) >= 11 is 2.22. The van der Waals surface area contributed by atoms with Gasteiger partial charge in [-0.25, -0.2) is 10.4 Å². The second-order valence-electron chi connectivity index (χ2n) is 6.98. The SMILES string of the molecule is O=C(N/N=C\c1ccc(Sc2nc3ccc([N+](=O)[O-])cc3s2)c([N+](=O)[O-])c1)c1cccc([N+](=O)[O-])c1. The fraction of sp³-hybridized carbons (Fsp3) is 0. The van der Waals surface area contributed by atoms with E-state index < -0.39 is 20.7 Å². The van der Waals surface area contributed by atoms with Gasteiger partial charge in [-0.2, -0.15) is 5.10 Å². The van der Waals surface area contributed by atoms with Crippen molar-refractivity contribution in [2.24, 2.45) is 5.10 Å². The fourth-order valence-electron chi connectivity index (χ4n) is 2.98. The summed E-state index contributed by atoms with van der Waals surface area (Å²) in [6.45, 7) is 0. The number of benzene rings is 3. The third kappa shape index (κ3) is 5.48. The lowest BCUT2D eigenvalue weighted by Crippen LogP contribution is -2.17. The summed E-state index contributed by atoms with van der Waals surface area (Å²) in [5.41, 5.74) is 2.57. The summed E-state index contributed by atoms with van der Waals surface area (Å²) < 4.78 is 1.05. The van der Waals surface area contributed by atoms with Crippen molar-refractivity contribution < 1.29 is 19.6 Å². The molecule has 0 aliphatic rings. The predicted octanol–water partition coefficient (Wildman–Crippen LogP) is 4.94. The predicted molar refractivity (Wildman–Crippen MR) is 132 cm³/mol. The number of aromatic nitrogens is 1. The Balaban J connectivity index is 1.50. The van der Waals surface area contributed by atoms with Crippen LogP contribution < -0.4 is 5.43 Å². The Bertz CT molecular complexity index is 1570. The molecule has 0 fully saturated rings. The lowest BCUT2D eigenvalue weighted by Gasteiger charge is -2.02. The number of nitrogens with zero attached hydrogens (tertiary/aromatic N) is 5. The summed E-state index contributed by atoms with van der Waals surface area (Å²) in [5.74, 6) is -0.687. The smallest absolute Gasteiger partial charge is 0.267 e.